The Balaban J connectivity index is 1.76. The molecule has 0 saturated carbocycles. The monoisotopic (exact) mass is 347 g/mol. The Bertz CT molecular complexity index is 818. The van der Waals surface area contributed by atoms with Crippen molar-refractivity contribution in [2.75, 3.05) is 5.73 Å². The molecule has 0 spiro atoms. The molecule has 23 heavy (non-hydrogen) atoms. The third kappa shape index (κ3) is 3.51. The van der Waals surface area contributed by atoms with Crippen molar-refractivity contribution in [3.63, 3.8) is 0 Å². The molecule has 0 unspecified atom stereocenters. The molecule has 0 fully saturated rings. The summed E-state index contributed by atoms with van der Waals surface area (Å²) in [7, 11) is -3.65. The molecule has 0 saturated heterocycles. The topological polar surface area (TPSA) is 84.5 Å². The third-order valence-electron chi connectivity index (χ3n) is 3.54. The lowest BCUT2D eigenvalue weighted by Gasteiger charge is -2.13. The lowest BCUT2D eigenvalue weighted by Crippen LogP contribution is -2.27. The van der Waals surface area contributed by atoms with Crippen LogP contribution in [0.1, 0.15) is 17.7 Å². The van der Waals surface area contributed by atoms with Gasteiger partial charge in [-0.3, -0.25) is 9.71 Å². The number of hydrogen-bond donors (Lipinski definition) is 2. The first-order chi connectivity index (χ1) is 11.0. The second-order valence-corrected chi connectivity index (χ2v) is 8.11. The Labute approximate surface area is 140 Å². The molecule has 3 N–H and O–H groups in total. The number of amidine groups is 1. The van der Waals surface area contributed by atoms with Crippen molar-refractivity contribution < 1.29 is 8.42 Å². The van der Waals surface area contributed by atoms with Gasteiger partial charge in [-0.25, -0.2) is 8.42 Å². The molecule has 0 radical (unpaired) electrons. The number of nitrogens with two attached hydrogens (primary N) is 1. The van der Waals surface area contributed by atoms with E-state index in [9.17, 15) is 8.42 Å². The summed E-state index contributed by atoms with van der Waals surface area (Å²) in [5.41, 5.74) is 7.25. The Morgan fingerprint density at radius 3 is 2.39 bits per heavy atom. The van der Waals surface area contributed by atoms with Gasteiger partial charge < -0.3 is 5.73 Å². The van der Waals surface area contributed by atoms with Crippen molar-refractivity contribution in [1.29, 1.82) is 0 Å². The molecule has 0 amide bonds. The predicted octanol–water partition coefficient (Wildman–Crippen LogP) is 2.78. The molecule has 0 aliphatic carbocycles. The smallest absolute Gasteiger partial charge is 0.263 e. The van der Waals surface area contributed by atoms with Gasteiger partial charge in [-0.2, -0.15) is 0 Å². The zero-order valence-corrected chi connectivity index (χ0v) is 14.1. The number of anilines is 1. The average Bonchev–Trinajstić information content (AvgIpc) is 2.88. The second kappa shape index (κ2) is 6.25. The average molecular weight is 347 g/mol. The van der Waals surface area contributed by atoms with Gasteiger partial charge in [-0.05, 0) is 36.8 Å². The van der Waals surface area contributed by atoms with Gasteiger partial charge in [0.05, 0.1) is 16.2 Å². The van der Waals surface area contributed by atoms with Crippen LogP contribution in [0.25, 0.3) is 0 Å². The molecule has 5 nitrogen and oxygen atoms in total. The number of hydrogen-bond acceptors (Lipinski definition) is 5. The Hall–Kier alpha value is -1.99. The Kier molecular flexibility index (Phi) is 4.32. The van der Waals surface area contributed by atoms with E-state index in [2.05, 4.69) is 9.71 Å². The van der Waals surface area contributed by atoms with Crippen LogP contribution in [0.15, 0.2) is 64.5 Å². The minimum absolute atomic E-state index is 0.00604. The minimum Gasteiger partial charge on any atom is -0.399 e. The van der Waals surface area contributed by atoms with Crippen molar-refractivity contribution in [2.45, 2.75) is 23.1 Å². The van der Waals surface area contributed by atoms with Gasteiger partial charge in [0.25, 0.3) is 10.0 Å². The van der Waals surface area contributed by atoms with Gasteiger partial charge in [0.2, 0.25) is 0 Å². The summed E-state index contributed by atoms with van der Waals surface area (Å²) in [5, 5.41) is 0.531. The lowest BCUT2D eigenvalue weighted by atomic mass is 10.1. The summed E-state index contributed by atoms with van der Waals surface area (Å²) < 4.78 is 27.4. The number of nitrogens with zero attached hydrogens (tertiary/aromatic N) is 1. The van der Waals surface area contributed by atoms with Crippen molar-refractivity contribution in [2.24, 2.45) is 4.99 Å². The number of nitrogens with one attached hydrogen (secondary N) is 1. The van der Waals surface area contributed by atoms with Crippen LogP contribution >= 0.6 is 11.8 Å². The van der Waals surface area contributed by atoms with E-state index in [1.54, 1.807) is 12.1 Å². The van der Waals surface area contributed by atoms with Crippen LogP contribution in [0.3, 0.4) is 0 Å². The fourth-order valence-electron chi connectivity index (χ4n) is 2.36. The molecule has 1 aliphatic rings. The van der Waals surface area contributed by atoms with Crippen molar-refractivity contribution in [3.8, 4) is 0 Å². The molecule has 120 valence electrons. The molecule has 0 bridgehead atoms. The Morgan fingerprint density at radius 1 is 1.09 bits per heavy atom. The van der Waals surface area contributed by atoms with Gasteiger partial charge in [-0.1, -0.05) is 42.1 Å². The highest BCUT2D eigenvalue weighted by Crippen LogP contribution is 2.39. The number of benzene rings is 2. The van der Waals surface area contributed by atoms with Crippen molar-refractivity contribution in [1.82, 2.24) is 4.72 Å². The molecule has 3 rings (SSSR count). The molecule has 1 heterocycles. The quantitative estimate of drug-likeness (QED) is 0.836. The standard InChI is InChI=1S/C16H17N3O2S2/c1-11-15(12-5-3-2-4-6-12)22-16(18-11)19-23(20,21)14-9-7-13(17)8-10-14/h2-11,15H,17H2,1H3,(H,18,19)/t11-,15+/m1/s1. The molecule has 1 aliphatic heterocycles. The summed E-state index contributed by atoms with van der Waals surface area (Å²) in [5.74, 6) is 0. The maximum Gasteiger partial charge on any atom is 0.263 e. The van der Waals surface area contributed by atoms with Crippen LogP contribution in [0, 0.1) is 0 Å². The van der Waals surface area contributed by atoms with Crippen LogP contribution in [0.4, 0.5) is 5.69 Å². The highest BCUT2D eigenvalue weighted by Gasteiger charge is 2.30. The lowest BCUT2D eigenvalue weighted by molar-refractivity contribution is 0.593. The van der Waals surface area contributed by atoms with E-state index < -0.39 is 10.0 Å². The number of aliphatic imine (C=N–C) groups is 1. The Morgan fingerprint density at radius 2 is 1.74 bits per heavy atom. The summed E-state index contributed by atoms with van der Waals surface area (Å²) in [6.45, 7) is 1.98. The fourth-order valence-corrected chi connectivity index (χ4v) is 4.80. The van der Waals surface area contributed by atoms with Gasteiger partial charge in [0, 0.05) is 5.69 Å². The van der Waals surface area contributed by atoms with Crippen molar-refractivity contribution in [3.05, 3.63) is 60.2 Å². The first-order valence-corrected chi connectivity index (χ1v) is 9.50. The van der Waals surface area contributed by atoms with Gasteiger partial charge in [-0.15, -0.1) is 0 Å². The molecule has 2 aromatic rings. The van der Waals surface area contributed by atoms with E-state index in [0.717, 1.165) is 5.56 Å². The number of thioether (sulfide) groups is 1. The summed E-state index contributed by atoms with van der Waals surface area (Å²) in [4.78, 5) is 4.61. The molecular weight excluding hydrogens is 330 g/mol. The van der Waals surface area contributed by atoms with E-state index in [1.807, 2.05) is 37.3 Å². The second-order valence-electron chi connectivity index (χ2n) is 5.30. The van der Waals surface area contributed by atoms with Gasteiger partial charge in [0.15, 0.2) is 5.17 Å². The van der Waals surface area contributed by atoms with E-state index >= 15 is 0 Å². The fraction of sp³-hybridized carbons (Fsp3) is 0.188. The van der Waals surface area contributed by atoms with Gasteiger partial charge >= 0.3 is 0 Å². The summed E-state index contributed by atoms with van der Waals surface area (Å²) in [6, 6.07) is 16.1. The maximum atomic E-state index is 12.4. The maximum absolute atomic E-state index is 12.4. The van der Waals surface area contributed by atoms with Crippen LogP contribution in [-0.2, 0) is 10.0 Å². The number of sulfonamides is 1. The first kappa shape index (κ1) is 15.9. The normalized spacial score (nSPS) is 21.0. The largest absolute Gasteiger partial charge is 0.399 e. The third-order valence-corrected chi connectivity index (χ3v) is 6.37. The van der Waals surface area contributed by atoms with Crippen LogP contribution in [0.5, 0.6) is 0 Å². The molecular formula is C16H17N3O2S2. The highest BCUT2D eigenvalue weighted by molar-refractivity contribution is 8.15. The molecule has 0 aromatic heterocycles. The zero-order valence-electron chi connectivity index (χ0n) is 12.5. The van der Waals surface area contributed by atoms with E-state index in [0.29, 0.717) is 10.9 Å². The number of rotatable bonds is 3. The SMILES string of the molecule is C[C@H]1N=C(NS(=O)(=O)c2ccc(N)cc2)S[C@@H]1c1ccccc1. The van der Waals surface area contributed by atoms with Crippen LogP contribution in [-0.4, -0.2) is 19.6 Å². The van der Waals surface area contributed by atoms with Gasteiger partial charge in [0.1, 0.15) is 0 Å². The summed E-state index contributed by atoms with van der Waals surface area (Å²) in [6.07, 6.45) is 0. The van der Waals surface area contributed by atoms with E-state index in [-0.39, 0.29) is 16.2 Å². The number of nitrogen functional groups attached to an aromatic ring is 1. The molecule has 2 atom stereocenters. The van der Waals surface area contributed by atoms with Crippen molar-refractivity contribution >= 4 is 32.6 Å². The predicted molar refractivity (Wildman–Crippen MR) is 94.8 cm³/mol. The van der Waals surface area contributed by atoms with E-state index in [1.165, 1.54) is 23.9 Å². The molecule has 2 aromatic carbocycles. The van der Waals surface area contributed by atoms with Crippen LogP contribution in [0.2, 0.25) is 0 Å². The summed E-state index contributed by atoms with van der Waals surface area (Å²) >= 11 is 1.43. The van der Waals surface area contributed by atoms with E-state index in [4.69, 9.17) is 5.73 Å². The molecule has 7 heteroatoms. The zero-order chi connectivity index (χ0) is 16.4. The highest BCUT2D eigenvalue weighted by atomic mass is 32.2. The first-order valence-electron chi connectivity index (χ1n) is 7.13. The van der Waals surface area contributed by atoms with Crippen LogP contribution < -0.4 is 10.5 Å². The minimum atomic E-state index is -3.65.